The Morgan fingerprint density at radius 2 is 1.67 bits per heavy atom. The lowest BCUT2D eigenvalue weighted by Gasteiger charge is -2.23. The number of hydrogen-bond donors (Lipinski definition) is 1. The molecule has 15 heavy (non-hydrogen) atoms. The van der Waals surface area contributed by atoms with Crippen LogP contribution in [0.25, 0.3) is 0 Å². The maximum atomic E-state index is 5.95. The van der Waals surface area contributed by atoms with Crippen LogP contribution in [0.2, 0.25) is 0 Å². The molecule has 0 fully saturated rings. The van der Waals surface area contributed by atoms with Crippen LogP contribution in [0.5, 0.6) is 0 Å². The van der Waals surface area contributed by atoms with Crippen LogP contribution in [0, 0.1) is 0 Å². The van der Waals surface area contributed by atoms with E-state index in [4.69, 9.17) is 19.0 Å². The summed E-state index contributed by atoms with van der Waals surface area (Å²) in [7, 11) is -1.59. The first-order valence-corrected chi connectivity index (χ1v) is 6.92. The van der Waals surface area contributed by atoms with Gasteiger partial charge in [-0.2, -0.15) is 0 Å². The van der Waals surface area contributed by atoms with Crippen molar-refractivity contribution in [1.29, 1.82) is 0 Å². The van der Waals surface area contributed by atoms with Crippen molar-refractivity contribution in [3.63, 3.8) is 0 Å². The Kier molecular flexibility index (Phi) is 9.33. The lowest BCUT2D eigenvalue weighted by Crippen LogP contribution is -2.41. The van der Waals surface area contributed by atoms with Crippen LogP contribution in [0.1, 0.15) is 40.5 Å². The summed E-state index contributed by atoms with van der Waals surface area (Å²) in [5.74, 6) is 0. The smallest absolute Gasteiger partial charge is 0.371 e. The zero-order valence-corrected chi connectivity index (χ0v) is 11.3. The molecule has 0 amide bonds. The summed E-state index contributed by atoms with van der Waals surface area (Å²) in [6, 6.07) is 0.0657. The van der Waals surface area contributed by atoms with Gasteiger partial charge >= 0.3 is 9.53 Å². The zero-order valence-electron chi connectivity index (χ0n) is 10.3. The molecule has 0 rings (SSSR count). The van der Waals surface area contributed by atoms with E-state index >= 15 is 0 Å². The molecule has 0 heterocycles. The zero-order chi connectivity index (χ0) is 11.7. The number of nitrogens with two attached hydrogens (primary N) is 1. The Morgan fingerprint density at radius 3 is 2.07 bits per heavy atom. The third-order valence-corrected chi connectivity index (χ3v) is 3.64. The molecule has 1 radical (unpaired) electrons. The molecule has 5 heteroatoms. The highest BCUT2D eigenvalue weighted by Gasteiger charge is 2.24. The van der Waals surface area contributed by atoms with Crippen molar-refractivity contribution in [3.8, 4) is 0 Å². The van der Waals surface area contributed by atoms with Crippen LogP contribution in [0.3, 0.4) is 0 Å². The predicted molar refractivity (Wildman–Crippen MR) is 62.4 cm³/mol. The summed E-state index contributed by atoms with van der Waals surface area (Å²) in [4.78, 5) is 0. The largest absolute Gasteiger partial charge is 0.578 e. The second-order valence-electron chi connectivity index (χ2n) is 3.39. The first kappa shape index (κ1) is 15.1. The van der Waals surface area contributed by atoms with Gasteiger partial charge in [0.1, 0.15) is 0 Å². The highest BCUT2D eigenvalue weighted by atomic mass is 28.3. The second-order valence-corrected chi connectivity index (χ2v) is 4.70. The molecule has 4 nitrogen and oxygen atoms in total. The van der Waals surface area contributed by atoms with Gasteiger partial charge < -0.3 is 19.0 Å². The number of rotatable bonds is 9. The summed E-state index contributed by atoms with van der Waals surface area (Å²) in [6.07, 6.45) is 2.03. The fourth-order valence-electron chi connectivity index (χ4n) is 1.15. The fraction of sp³-hybridized carbons (Fsp3) is 1.00. The van der Waals surface area contributed by atoms with Crippen LogP contribution in [0.15, 0.2) is 0 Å². The van der Waals surface area contributed by atoms with Crippen LogP contribution < -0.4 is 5.73 Å². The molecule has 2 atom stereocenters. The summed E-state index contributed by atoms with van der Waals surface area (Å²) in [6.45, 7) is 9.19. The van der Waals surface area contributed by atoms with Crippen molar-refractivity contribution < 1.29 is 13.3 Å². The lowest BCUT2D eigenvalue weighted by molar-refractivity contribution is 0.0584. The molecular formula is C10H24NO3Si. The van der Waals surface area contributed by atoms with E-state index in [1.165, 1.54) is 0 Å². The van der Waals surface area contributed by atoms with Gasteiger partial charge in [0.05, 0.1) is 6.10 Å². The van der Waals surface area contributed by atoms with Gasteiger partial charge in [-0.25, -0.2) is 0 Å². The van der Waals surface area contributed by atoms with Crippen LogP contribution in [-0.2, 0) is 13.3 Å². The van der Waals surface area contributed by atoms with Crippen molar-refractivity contribution >= 4 is 9.53 Å². The van der Waals surface area contributed by atoms with Crippen molar-refractivity contribution in [3.05, 3.63) is 0 Å². The van der Waals surface area contributed by atoms with Crippen LogP contribution >= 0.6 is 0 Å². The minimum atomic E-state index is -1.59. The van der Waals surface area contributed by atoms with Crippen LogP contribution in [0.4, 0.5) is 0 Å². The van der Waals surface area contributed by atoms with Gasteiger partial charge in [-0.05, 0) is 27.2 Å². The molecule has 2 unspecified atom stereocenters. The van der Waals surface area contributed by atoms with E-state index in [2.05, 4.69) is 6.92 Å². The van der Waals surface area contributed by atoms with Crippen LogP contribution in [-0.4, -0.2) is 34.9 Å². The average Bonchev–Trinajstić information content (AvgIpc) is 2.18. The Labute approximate surface area is 95.1 Å². The maximum absolute atomic E-state index is 5.95. The Bertz CT molecular complexity index is 143. The molecule has 0 aromatic carbocycles. The van der Waals surface area contributed by atoms with Gasteiger partial charge in [-0.15, -0.1) is 0 Å². The average molecular weight is 234 g/mol. The molecule has 0 aromatic heterocycles. The van der Waals surface area contributed by atoms with E-state index in [-0.39, 0.29) is 12.1 Å². The van der Waals surface area contributed by atoms with E-state index in [1.54, 1.807) is 0 Å². The third kappa shape index (κ3) is 7.02. The van der Waals surface area contributed by atoms with Gasteiger partial charge in [-0.1, -0.05) is 13.3 Å². The highest BCUT2D eigenvalue weighted by Crippen LogP contribution is 2.06. The van der Waals surface area contributed by atoms with E-state index in [1.807, 2.05) is 20.8 Å². The normalized spacial score (nSPS) is 15.6. The minimum absolute atomic E-state index is 0.00283. The molecule has 0 aliphatic rings. The summed E-state index contributed by atoms with van der Waals surface area (Å²) < 4.78 is 16.4. The van der Waals surface area contributed by atoms with Gasteiger partial charge in [-0.3, -0.25) is 0 Å². The fourth-order valence-corrected chi connectivity index (χ4v) is 2.32. The second kappa shape index (κ2) is 9.29. The monoisotopic (exact) mass is 234 g/mol. The quantitative estimate of drug-likeness (QED) is 0.615. The highest BCUT2D eigenvalue weighted by molar-refractivity contribution is 6.36. The molecular weight excluding hydrogens is 210 g/mol. The minimum Gasteiger partial charge on any atom is -0.371 e. The Hall–Kier alpha value is 0.0569. The van der Waals surface area contributed by atoms with Crippen molar-refractivity contribution in [1.82, 2.24) is 0 Å². The molecule has 2 N–H and O–H groups in total. The van der Waals surface area contributed by atoms with E-state index in [0.717, 1.165) is 12.8 Å². The molecule has 91 valence electrons. The molecule has 0 aromatic rings. The van der Waals surface area contributed by atoms with Crippen molar-refractivity contribution in [2.24, 2.45) is 5.73 Å². The van der Waals surface area contributed by atoms with Gasteiger partial charge in [0.15, 0.2) is 0 Å². The van der Waals surface area contributed by atoms with E-state index in [9.17, 15) is 0 Å². The molecule has 0 bridgehead atoms. The predicted octanol–water partition coefficient (Wildman–Crippen LogP) is 1.58. The van der Waals surface area contributed by atoms with Gasteiger partial charge in [0.2, 0.25) is 0 Å². The third-order valence-electron chi connectivity index (χ3n) is 2.03. The summed E-state index contributed by atoms with van der Waals surface area (Å²) >= 11 is 0. The van der Waals surface area contributed by atoms with Gasteiger partial charge in [0.25, 0.3) is 0 Å². The summed E-state index contributed by atoms with van der Waals surface area (Å²) in [5.41, 5.74) is 5.95. The standard InChI is InChI=1S/C10H24NO3Si/c1-5-8-10(11)9(4)14-15(12-6-2)13-7-3/h9-10H,5-8,11H2,1-4H3. The lowest BCUT2D eigenvalue weighted by atomic mass is 10.1. The summed E-state index contributed by atoms with van der Waals surface area (Å²) in [5, 5.41) is 0. The maximum Gasteiger partial charge on any atom is 0.578 e. The SMILES string of the molecule is CCCC(N)C(C)O[Si](OCC)OCC. The van der Waals surface area contributed by atoms with E-state index in [0.29, 0.717) is 13.2 Å². The Morgan fingerprint density at radius 1 is 1.13 bits per heavy atom. The molecule has 0 aliphatic heterocycles. The molecule has 0 saturated carbocycles. The Balaban J connectivity index is 3.91. The van der Waals surface area contributed by atoms with Crippen molar-refractivity contribution in [2.75, 3.05) is 13.2 Å². The molecule has 0 saturated heterocycles. The topological polar surface area (TPSA) is 53.7 Å². The first-order chi connectivity index (χ1) is 7.15. The van der Waals surface area contributed by atoms with E-state index < -0.39 is 9.53 Å². The van der Waals surface area contributed by atoms with Crippen molar-refractivity contribution in [2.45, 2.75) is 52.7 Å². The molecule has 0 spiro atoms. The number of hydrogen-bond acceptors (Lipinski definition) is 4. The molecule has 0 aliphatic carbocycles. The first-order valence-electron chi connectivity index (χ1n) is 5.70. The van der Waals surface area contributed by atoms with Gasteiger partial charge in [0, 0.05) is 19.3 Å².